The van der Waals surface area contributed by atoms with Crippen LogP contribution in [0.3, 0.4) is 0 Å². The third-order valence-electron chi connectivity index (χ3n) is 3.87. The molecule has 0 spiro atoms. The Hall–Kier alpha value is -0.0800. The summed E-state index contributed by atoms with van der Waals surface area (Å²) < 4.78 is 0. The van der Waals surface area contributed by atoms with Gasteiger partial charge in [0.05, 0.1) is 11.7 Å². The minimum absolute atomic E-state index is 0.0449. The Bertz CT molecular complexity index is 188. The van der Waals surface area contributed by atoms with Crippen LogP contribution in [0, 0.1) is 5.92 Å². The van der Waals surface area contributed by atoms with Crippen LogP contribution >= 0.6 is 0 Å². The standard InChI is InChI=1S/C10H22O.C8H18O/c1-5-10(4,11)8-6-7-9(2)3;1-3-5-6-7-8(9)4-2/h9,11H,5-8H2,1-4H3;8-9H,3-7H2,1-2H3. The monoisotopic (exact) mass is 288 g/mol. The van der Waals surface area contributed by atoms with E-state index in [0.717, 1.165) is 38.0 Å². The van der Waals surface area contributed by atoms with Crippen molar-refractivity contribution in [2.45, 2.75) is 111 Å². The second-order valence-electron chi connectivity index (χ2n) is 6.69. The Morgan fingerprint density at radius 1 is 0.950 bits per heavy atom. The van der Waals surface area contributed by atoms with Gasteiger partial charge in [-0.3, -0.25) is 0 Å². The third kappa shape index (κ3) is 17.9. The Morgan fingerprint density at radius 3 is 1.95 bits per heavy atom. The van der Waals surface area contributed by atoms with Gasteiger partial charge in [-0.25, -0.2) is 0 Å². The topological polar surface area (TPSA) is 40.5 Å². The molecule has 0 amide bonds. The van der Waals surface area contributed by atoms with E-state index in [1.54, 1.807) is 0 Å². The predicted octanol–water partition coefficient (Wildman–Crippen LogP) is 5.31. The van der Waals surface area contributed by atoms with Crippen molar-refractivity contribution in [3.63, 3.8) is 0 Å². The highest BCUT2D eigenvalue weighted by molar-refractivity contribution is 4.69. The lowest BCUT2D eigenvalue weighted by Crippen LogP contribution is -2.22. The molecule has 0 fully saturated rings. The zero-order valence-electron chi connectivity index (χ0n) is 14.9. The van der Waals surface area contributed by atoms with Crippen LogP contribution in [0.4, 0.5) is 0 Å². The first-order valence-corrected chi connectivity index (χ1v) is 8.69. The van der Waals surface area contributed by atoms with Gasteiger partial charge >= 0.3 is 0 Å². The molecular weight excluding hydrogens is 248 g/mol. The second kappa shape index (κ2) is 13.9. The summed E-state index contributed by atoms with van der Waals surface area (Å²) in [5.41, 5.74) is -0.422. The van der Waals surface area contributed by atoms with Crippen molar-refractivity contribution in [1.82, 2.24) is 0 Å². The number of aliphatic hydroxyl groups excluding tert-OH is 1. The highest BCUT2D eigenvalue weighted by atomic mass is 16.3. The van der Waals surface area contributed by atoms with Crippen LogP contribution in [0.25, 0.3) is 0 Å². The van der Waals surface area contributed by atoms with E-state index in [1.807, 2.05) is 20.8 Å². The molecule has 0 radical (unpaired) electrons. The summed E-state index contributed by atoms with van der Waals surface area (Å²) in [6, 6.07) is 0. The molecule has 0 aromatic rings. The van der Waals surface area contributed by atoms with Crippen LogP contribution in [0.15, 0.2) is 0 Å². The maximum Gasteiger partial charge on any atom is 0.0617 e. The maximum absolute atomic E-state index is 9.64. The van der Waals surface area contributed by atoms with E-state index in [1.165, 1.54) is 25.7 Å². The lowest BCUT2D eigenvalue weighted by molar-refractivity contribution is 0.0435. The SMILES string of the molecule is CCC(C)(O)CCCC(C)C.CCCCCC(O)CC. The number of hydrogen-bond donors (Lipinski definition) is 2. The lowest BCUT2D eigenvalue weighted by atomic mass is 9.94. The van der Waals surface area contributed by atoms with Crippen molar-refractivity contribution in [3.05, 3.63) is 0 Å². The molecule has 0 aliphatic heterocycles. The van der Waals surface area contributed by atoms with E-state index in [-0.39, 0.29) is 6.10 Å². The summed E-state index contributed by atoms with van der Waals surface area (Å²) in [4.78, 5) is 0. The molecule has 2 nitrogen and oxygen atoms in total. The van der Waals surface area contributed by atoms with E-state index < -0.39 is 5.60 Å². The van der Waals surface area contributed by atoms with E-state index in [9.17, 15) is 5.11 Å². The maximum atomic E-state index is 9.64. The molecule has 20 heavy (non-hydrogen) atoms. The van der Waals surface area contributed by atoms with Crippen LogP contribution in [-0.2, 0) is 0 Å². The van der Waals surface area contributed by atoms with Crippen molar-refractivity contribution in [2.24, 2.45) is 5.92 Å². The van der Waals surface area contributed by atoms with Crippen molar-refractivity contribution in [1.29, 1.82) is 0 Å². The van der Waals surface area contributed by atoms with Gasteiger partial charge in [-0.1, -0.05) is 66.7 Å². The fraction of sp³-hybridized carbons (Fsp3) is 1.00. The van der Waals surface area contributed by atoms with Crippen molar-refractivity contribution < 1.29 is 10.2 Å². The first-order valence-electron chi connectivity index (χ1n) is 8.69. The molecule has 0 saturated carbocycles. The van der Waals surface area contributed by atoms with Gasteiger partial charge in [-0.05, 0) is 38.5 Å². The van der Waals surface area contributed by atoms with Crippen LogP contribution in [-0.4, -0.2) is 21.9 Å². The average Bonchev–Trinajstić information content (AvgIpc) is 2.39. The van der Waals surface area contributed by atoms with Crippen LogP contribution in [0.2, 0.25) is 0 Å². The summed E-state index contributed by atoms with van der Waals surface area (Å²) in [6.45, 7) is 12.6. The van der Waals surface area contributed by atoms with Gasteiger partial charge in [0.15, 0.2) is 0 Å². The largest absolute Gasteiger partial charge is 0.393 e. The predicted molar refractivity (Wildman–Crippen MR) is 90.0 cm³/mol. The van der Waals surface area contributed by atoms with Crippen molar-refractivity contribution in [3.8, 4) is 0 Å². The average molecular weight is 289 g/mol. The highest BCUT2D eigenvalue weighted by Crippen LogP contribution is 2.18. The molecule has 2 atom stereocenters. The molecule has 0 aromatic heterocycles. The Morgan fingerprint density at radius 2 is 1.55 bits per heavy atom. The molecule has 124 valence electrons. The molecule has 2 N–H and O–H groups in total. The van der Waals surface area contributed by atoms with E-state index >= 15 is 0 Å². The summed E-state index contributed by atoms with van der Waals surface area (Å²) in [7, 11) is 0. The zero-order valence-corrected chi connectivity index (χ0v) is 14.9. The number of hydrogen-bond acceptors (Lipinski definition) is 2. The van der Waals surface area contributed by atoms with Gasteiger partial charge in [0.2, 0.25) is 0 Å². The van der Waals surface area contributed by atoms with Gasteiger partial charge in [0.25, 0.3) is 0 Å². The molecule has 2 unspecified atom stereocenters. The molecule has 0 aliphatic rings. The molecule has 0 aliphatic carbocycles. The normalized spacial score (nSPS) is 15.4. The number of aliphatic hydroxyl groups is 2. The van der Waals surface area contributed by atoms with Crippen LogP contribution in [0.1, 0.15) is 99.3 Å². The minimum Gasteiger partial charge on any atom is -0.393 e. The Kier molecular flexibility index (Phi) is 15.4. The quantitative estimate of drug-likeness (QED) is 0.535. The molecule has 0 bridgehead atoms. The number of unbranched alkanes of at least 4 members (excludes halogenated alkanes) is 2. The Balaban J connectivity index is 0. The van der Waals surface area contributed by atoms with E-state index in [0.29, 0.717) is 0 Å². The first kappa shape index (κ1) is 22.2. The first-order chi connectivity index (χ1) is 9.29. The lowest BCUT2D eigenvalue weighted by Gasteiger charge is -2.21. The molecular formula is C18H40O2. The zero-order chi connectivity index (χ0) is 16.0. The van der Waals surface area contributed by atoms with E-state index in [2.05, 4.69) is 20.8 Å². The summed E-state index contributed by atoms with van der Waals surface area (Å²) >= 11 is 0. The van der Waals surface area contributed by atoms with Crippen LogP contribution in [0.5, 0.6) is 0 Å². The van der Waals surface area contributed by atoms with Crippen LogP contribution < -0.4 is 0 Å². The summed E-state index contributed by atoms with van der Waals surface area (Å²) in [5, 5.41) is 18.7. The second-order valence-corrected chi connectivity index (χ2v) is 6.69. The van der Waals surface area contributed by atoms with Gasteiger partial charge in [0.1, 0.15) is 0 Å². The van der Waals surface area contributed by atoms with Gasteiger partial charge in [-0.15, -0.1) is 0 Å². The van der Waals surface area contributed by atoms with Crippen molar-refractivity contribution >= 4 is 0 Å². The van der Waals surface area contributed by atoms with Gasteiger partial charge < -0.3 is 10.2 Å². The van der Waals surface area contributed by atoms with Gasteiger partial charge in [-0.2, -0.15) is 0 Å². The van der Waals surface area contributed by atoms with E-state index in [4.69, 9.17) is 5.11 Å². The van der Waals surface area contributed by atoms with Gasteiger partial charge in [0, 0.05) is 0 Å². The molecule has 2 heteroatoms. The molecule has 0 saturated heterocycles. The molecule has 0 rings (SSSR count). The third-order valence-corrected chi connectivity index (χ3v) is 3.87. The number of rotatable bonds is 10. The fourth-order valence-electron chi connectivity index (χ4n) is 1.90. The smallest absolute Gasteiger partial charge is 0.0617 e. The minimum atomic E-state index is -0.422. The van der Waals surface area contributed by atoms with Crippen molar-refractivity contribution in [2.75, 3.05) is 0 Å². The Labute approximate surface area is 128 Å². The summed E-state index contributed by atoms with van der Waals surface area (Å²) in [5.74, 6) is 0.766. The highest BCUT2D eigenvalue weighted by Gasteiger charge is 2.16. The molecule has 0 aromatic carbocycles. The molecule has 0 heterocycles. The fourth-order valence-corrected chi connectivity index (χ4v) is 1.90. The summed E-state index contributed by atoms with van der Waals surface area (Å²) in [6.07, 6.45) is 9.74.